The second kappa shape index (κ2) is 14.6. The number of nitrogens with zero attached hydrogens (tertiary/aromatic N) is 1. The Morgan fingerprint density at radius 2 is 1.76 bits per heavy atom. The van der Waals surface area contributed by atoms with E-state index in [9.17, 15) is 24.0 Å². The first-order valence-electron chi connectivity index (χ1n) is 12.0. The first kappa shape index (κ1) is 31.1. The summed E-state index contributed by atoms with van der Waals surface area (Å²) in [7, 11) is 0. The van der Waals surface area contributed by atoms with Crippen molar-refractivity contribution in [3.05, 3.63) is 48.0 Å². The maximum absolute atomic E-state index is 13.7. The van der Waals surface area contributed by atoms with Gasteiger partial charge in [-0.2, -0.15) is 0 Å². The fourth-order valence-corrected chi connectivity index (χ4v) is 3.35. The molecule has 204 valence electrons. The normalized spacial score (nSPS) is 12.5. The summed E-state index contributed by atoms with van der Waals surface area (Å²) in [5.74, 6) is -2.62. The van der Waals surface area contributed by atoms with Crippen LogP contribution in [-0.4, -0.2) is 66.0 Å². The van der Waals surface area contributed by atoms with Gasteiger partial charge in [-0.15, -0.1) is 6.58 Å². The Morgan fingerprint density at radius 1 is 1.14 bits per heavy atom. The van der Waals surface area contributed by atoms with Crippen LogP contribution in [0.1, 0.15) is 57.7 Å². The smallest absolute Gasteiger partial charge is 0.408 e. The highest BCUT2D eigenvalue weighted by Gasteiger charge is 2.36. The summed E-state index contributed by atoms with van der Waals surface area (Å²) in [5.41, 5.74) is 5.90. The highest BCUT2D eigenvalue weighted by Crippen LogP contribution is 2.24. The van der Waals surface area contributed by atoms with Crippen molar-refractivity contribution < 1.29 is 33.4 Å². The molecule has 4 amide bonds. The average Bonchev–Trinajstić information content (AvgIpc) is 2.77. The van der Waals surface area contributed by atoms with E-state index >= 15 is 0 Å². The molecular formula is C26H38N4O7. The van der Waals surface area contributed by atoms with Gasteiger partial charge in [0.1, 0.15) is 17.7 Å². The van der Waals surface area contributed by atoms with E-state index in [0.717, 1.165) is 5.56 Å². The van der Waals surface area contributed by atoms with Gasteiger partial charge >= 0.3 is 12.1 Å². The highest BCUT2D eigenvalue weighted by atomic mass is 16.6. The van der Waals surface area contributed by atoms with E-state index < -0.39 is 53.9 Å². The van der Waals surface area contributed by atoms with Crippen LogP contribution in [0.5, 0.6) is 0 Å². The van der Waals surface area contributed by atoms with E-state index in [1.54, 1.807) is 52.0 Å². The van der Waals surface area contributed by atoms with Crippen LogP contribution < -0.4 is 16.4 Å². The minimum absolute atomic E-state index is 0.0168. The molecule has 0 radical (unpaired) electrons. The highest BCUT2D eigenvalue weighted by molar-refractivity contribution is 5.94. The summed E-state index contributed by atoms with van der Waals surface area (Å²) in [5, 5.41) is 5.05. The third-order valence-electron chi connectivity index (χ3n) is 4.89. The quantitative estimate of drug-likeness (QED) is 0.266. The van der Waals surface area contributed by atoms with Crippen LogP contribution >= 0.6 is 0 Å². The summed E-state index contributed by atoms with van der Waals surface area (Å²) in [4.78, 5) is 64.0. The molecule has 2 unspecified atom stereocenters. The van der Waals surface area contributed by atoms with Gasteiger partial charge in [0.2, 0.25) is 17.7 Å². The molecule has 0 heterocycles. The van der Waals surface area contributed by atoms with Crippen molar-refractivity contribution in [1.82, 2.24) is 15.5 Å². The molecule has 1 rings (SSSR count). The fourth-order valence-electron chi connectivity index (χ4n) is 3.35. The van der Waals surface area contributed by atoms with E-state index in [4.69, 9.17) is 15.2 Å². The molecule has 0 saturated carbocycles. The Hall–Kier alpha value is -3.89. The van der Waals surface area contributed by atoms with Gasteiger partial charge in [-0.1, -0.05) is 35.9 Å². The molecule has 0 spiro atoms. The van der Waals surface area contributed by atoms with Crippen molar-refractivity contribution >= 4 is 29.8 Å². The number of hydrogen-bond donors (Lipinski definition) is 3. The average molecular weight is 519 g/mol. The lowest BCUT2D eigenvalue weighted by atomic mass is 10.0. The van der Waals surface area contributed by atoms with Gasteiger partial charge in [-0.05, 0) is 40.2 Å². The molecule has 0 aromatic heterocycles. The first-order valence-corrected chi connectivity index (χ1v) is 12.0. The molecule has 11 nitrogen and oxygen atoms in total. The van der Waals surface area contributed by atoms with Gasteiger partial charge in [0.25, 0.3) is 0 Å². The minimum Gasteiger partial charge on any atom is -0.466 e. The second-order valence-corrected chi connectivity index (χ2v) is 9.31. The van der Waals surface area contributed by atoms with Gasteiger partial charge in [-0.25, -0.2) is 4.79 Å². The lowest BCUT2D eigenvalue weighted by molar-refractivity contribution is -0.144. The zero-order valence-electron chi connectivity index (χ0n) is 22.2. The molecule has 0 aliphatic rings. The van der Waals surface area contributed by atoms with Gasteiger partial charge in [0.05, 0.1) is 19.4 Å². The van der Waals surface area contributed by atoms with Crippen LogP contribution in [-0.2, 0) is 28.7 Å². The number of ether oxygens (including phenoxy) is 2. The van der Waals surface area contributed by atoms with E-state index in [1.807, 2.05) is 6.92 Å². The predicted octanol–water partition coefficient (Wildman–Crippen LogP) is 1.89. The number of nitrogens with one attached hydrogen (secondary N) is 2. The van der Waals surface area contributed by atoms with Crippen LogP contribution in [0.4, 0.5) is 4.79 Å². The molecule has 1 aromatic carbocycles. The number of esters is 1. The van der Waals surface area contributed by atoms with Gasteiger partial charge < -0.3 is 30.7 Å². The molecule has 0 aliphatic heterocycles. The van der Waals surface area contributed by atoms with Crippen LogP contribution in [0, 0.1) is 6.92 Å². The summed E-state index contributed by atoms with van der Waals surface area (Å²) in [6.45, 7) is 12.3. The third kappa shape index (κ3) is 11.1. The maximum Gasteiger partial charge on any atom is 0.408 e. The lowest BCUT2D eigenvalue weighted by Gasteiger charge is -2.33. The molecule has 37 heavy (non-hydrogen) atoms. The fraction of sp³-hybridized carbons (Fsp3) is 0.500. The largest absolute Gasteiger partial charge is 0.466 e. The van der Waals surface area contributed by atoms with Crippen molar-refractivity contribution in [3.8, 4) is 0 Å². The molecule has 4 N–H and O–H groups in total. The van der Waals surface area contributed by atoms with Gasteiger partial charge in [-0.3, -0.25) is 19.2 Å². The Morgan fingerprint density at radius 3 is 2.27 bits per heavy atom. The summed E-state index contributed by atoms with van der Waals surface area (Å²) >= 11 is 0. The number of primary amides is 1. The van der Waals surface area contributed by atoms with E-state index in [1.165, 1.54) is 11.0 Å². The molecular weight excluding hydrogens is 480 g/mol. The standard InChI is InChI=1S/C26H38N4O7/c1-7-15-30(24(34)19(16-20(27)31)29-25(35)37-26(4,5)6)22(18-11-9-17(3)10-12-18)23(33)28-14-13-21(32)36-8-2/h7,9-12,19,22H,1,8,13-16H2,2-6H3,(H2,27,31)(H,28,33)(H,29,35). The Balaban J connectivity index is 3.34. The van der Waals surface area contributed by atoms with E-state index in [0.29, 0.717) is 5.56 Å². The topological polar surface area (TPSA) is 157 Å². The number of alkyl carbamates (subject to hydrolysis) is 1. The molecule has 0 saturated heterocycles. The van der Waals surface area contributed by atoms with Crippen LogP contribution in [0.2, 0.25) is 0 Å². The molecule has 0 aliphatic carbocycles. The number of rotatable bonds is 13. The lowest BCUT2D eigenvalue weighted by Crippen LogP contribution is -2.54. The molecule has 0 fully saturated rings. The number of carbonyl (C=O) groups is 5. The Bertz CT molecular complexity index is 970. The van der Waals surface area contributed by atoms with Gasteiger partial charge in [0, 0.05) is 13.1 Å². The predicted molar refractivity (Wildman–Crippen MR) is 137 cm³/mol. The van der Waals surface area contributed by atoms with Crippen molar-refractivity contribution in [2.75, 3.05) is 19.7 Å². The zero-order chi connectivity index (χ0) is 28.2. The summed E-state index contributed by atoms with van der Waals surface area (Å²) in [6.07, 6.45) is -0.0760. The van der Waals surface area contributed by atoms with E-state index in [2.05, 4.69) is 17.2 Å². The minimum atomic E-state index is -1.40. The van der Waals surface area contributed by atoms with Crippen LogP contribution in [0.15, 0.2) is 36.9 Å². The van der Waals surface area contributed by atoms with Crippen LogP contribution in [0.3, 0.4) is 0 Å². The summed E-state index contributed by atoms with van der Waals surface area (Å²) < 4.78 is 10.1. The van der Waals surface area contributed by atoms with Crippen molar-refractivity contribution in [3.63, 3.8) is 0 Å². The molecule has 1 aromatic rings. The number of benzene rings is 1. The van der Waals surface area contributed by atoms with Crippen molar-refractivity contribution in [2.45, 2.75) is 65.1 Å². The number of hydrogen-bond acceptors (Lipinski definition) is 7. The number of carbonyl (C=O) groups excluding carboxylic acids is 5. The van der Waals surface area contributed by atoms with Crippen molar-refractivity contribution in [2.24, 2.45) is 5.73 Å². The summed E-state index contributed by atoms with van der Waals surface area (Å²) in [6, 6.07) is 4.39. The monoisotopic (exact) mass is 518 g/mol. The SMILES string of the molecule is C=CCN(C(=O)C(CC(N)=O)NC(=O)OC(C)(C)C)C(C(=O)NCCC(=O)OCC)c1ccc(C)cc1. The molecule has 11 heteroatoms. The van der Waals surface area contributed by atoms with Gasteiger partial charge in [0.15, 0.2) is 0 Å². The van der Waals surface area contributed by atoms with Crippen molar-refractivity contribution in [1.29, 1.82) is 0 Å². The number of aryl methyl sites for hydroxylation is 1. The molecule has 0 bridgehead atoms. The van der Waals surface area contributed by atoms with E-state index in [-0.39, 0.29) is 26.1 Å². The maximum atomic E-state index is 13.7. The third-order valence-corrected chi connectivity index (χ3v) is 4.89. The molecule has 2 atom stereocenters. The Kier molecular flexibility index (Phi) is 12.3. The van der Waals surface area contributed by atoms with Crippen LogP contribution in [0.25, 0.3) is 0 Å². The second-order valence-electron chi connectivity index (χ2n) is 9.31. The Labute approximate surface area is 217 Å². The first-order chi connectivity index (χ1) is 17.3. The number of nitrogens with two attached hydrogens (primary N) is 1. The zero-order valence-corrected chi connectivity index (χ0v) is 22.2. The number of amides is 4.